The molecule has 0 unspecified atom stereocenters. The molecule has 0 saturated heterocycles. The van der Waals surface area contributed by atoms with Crippen LogP contribution in [-0.4, -0.2) is 4.98 Å². The number of nitrogens with one attached hydrogen (secondary N) is 1. The minimum absolute atomic E-state index is 0.202. The maximum atomic E-state index is 12.7. The van der Waals surface area contributed by atoms with Gasteiger partial charge in [-0.2, -0.15) is 13.2 Å². The number of halogens is 4. The second-order valence-corrected chi connectivity index (χ2v) is 5.21. The van der Waals surface area contributed by atoms with Crippen molar-refractivity contribution in [1.29, 1.82) is 0 Å². The van der Waals surface area contributed by atoms with Gasteiger partial charge in [0.2, 0.25) is 0 Å². The van der Waals surface area contributed by atoms with Crippen molar-refractivity contribution in [3.05, 3.63) is 47.0 Å². The molecule has 21 heavy (non-hydrogen) atoms. The fourth-order valence-corrected chi connectivity index (χ4v) is 2.77. The van der Waals surface area contributed by atoms with Gasteiger partial charge in [0.1, 0.15) is 5.58 Å². The largest absolute Gasteiger partial charge is 0.454 e. The third-order valence-electron chi connectivity index (χ3n) is 3.53. The average molecular weight is 310 g/mol. The maximum absolute atomic E-state index is 12.7. The summed E-state index contributed by atoms with van der Waals surface area (Å²) in [6.07, 6.45) is -4.39. The van der Waals surface area contributed by atoms with Gasteiger partial charge in [0.05, 0.1) is 21.6 Å². The molecular weight excluding hydrogens is 303 g/mol. The van der Waals surface area contributed by atoms with Crippen molar-refractivity contribution in [2.24, 2.45) is 0 Å². The normalized spacial score (nSPS) is 12.8. The highest BCUT2D eigenvalue weighted by atomic mass is 35.5. The van der Waals surface area contributed by atoms with Crippen molar-refractivity contribution >= 4 is 44.6 Å². The van der Waals surface area contributed by atoms with E-state index in [0.29, 0.717) is 21.5 Å². The van der Waals surface area contributed by atoms with Crippen LogP contribution in [0, 0.1) is 0 Å². The molecule has 4 aromatic rings. The van der Waals surface area contributed by atoms with Crippen molar-refractivity contribution in [3.8, 4) is 0 Å². The Kier molecular flexibility index (Phi) is 2.37. The third kappa shape index (κ3) is 1.74. The van der Waals surface area contributed by atoms with Crippen molar-refractivity contribution < 1.29 is 17.6 Å². The number of alkyl halides is 3. The lowest BCUT2D eigenvalue weighted by atomic mass is 10.1. The van der Waals surface area contributed by atoms with E-state index in [0.717, 1.165) is 23.0 Å². The molecule has 6 heteroatoms. The summed E-state index contributed by atoms with van der Waals surface area (Å²) in [5.74, 6) is 0. The number of hydrogen-bond acceptors (Lipinski definition) is 1. The number of H-pyrrole nitrogens is 1. The third-order valence-corrected chi connectivity index (χ3v) is 3.84. The van der Waals surface area contributed by atoms with Gasteiger partial charge in [0, 0.05) is 10.8 Å². The summed E-state index contributed by atoms with van der Waals surface area (Å²) >= 11 is 6.10. The predicted molar refractivity (Wildman–Crippen MR) is 75.6 cm³/mol. The van der Waals surface area contributed by atoms with E-state index in [1.54, 1.807) is 12.1 Å². The molecule has 2 nitrogen and oxygen atoms in total. The van der Waals surface area contributed by atoms with Gasteiger partial charge in [-0.25, -0.2) is 0 Å². The quantitative estimate of drug-likeness (QED) is 0.441. The minimum atomic E-state index is -4.39. The van der Waals surface area contributed by atoms with E-state index >= 15 is 0 Å². The van der Waals surface area contributed by atoms with E-state index < -0.39 is 11.7 Å². The predicted octanol–water partition coefficient (Wildman–Crippen LogP) is 5.74. The van der Waals surface area contributed by atoms with Crippen LogP contribution in [0.3, 0.4) is 0 Å². The molecule has 2 aromatic carbocycles. The Morgan fingerprint density at radius 2 is 1.81 bits per heavy atom. The molecule has 0 aliphatic rings. The van der Waals surface area contributed by atoms with E-state index in [1.807, 2.05) is 6.07 Å². The Balaban J connectivity index is 2.10. The molecule has 0 spiro atoms. The Bertz CT molecular complexity index is 997. The molecule has 1 N–H and O–H groups in total. The molecule has 0 amide bonds. The highest BCUT2D eigenvalue weighted by molar-refractivity contribution is 6.36. The molecule has 0 radical (unpaired) electrons. The zero-order valence-corrected chi connectivity index (χ0v) is 11.1. The number of furan rings is 1. The fourth-order valence-electron chi connectivity index (χ4n) is 2.55. The van der Waals surface area contributed by atoms with Crippen LogP contribution in [0.25, 0.3) is 33.0 Å². The SMILES string of the molecule is FC(F)(F)c1ccc2c(c1)oc1c3cccc(Cl)c3[nH]c21. The topological polar surface area (TPSA) is 28.9 Å². The monoisotopic (exact) mass is 309 g/mol. The molecule has 0 atom stereocenters. The first-order valence-corrected chi connectivity index (χ1v) is 6.52. The van der Waals surface area contributed by atoms with E-state index in [2.05, 4.69) is 4.98 Å². The number of aromatic amines is 1. The Morgan fingerprint density at radius 3 is 2.57 bits per heavy atom. The standard InChI is InChI=1S/C15H7ClF3NO/c16-10-3-1-2-9-12(10)20-13-8-5-4-7(15(17,18)19)6-11(8)21-14(9)13/h1-6,20H. The highest BCUT2D eigenvalue weighted by Gasteiger charge is 2.31. The summed E-state index contributed by atoms with van der Waals surface area (Å²) < 4.78 is 43.8. The Hall–Kier alpha value is -2.14. The molecule has 2 aromatic heterocycles. The highest BCUT2D eigenvalue weighted by Crippen LogP contribution is 2.38. The Morgan fingerprint density at radius 1 is 1.00 bits per heavy atom. The number of benzene rings is 2. The van der Waals surface area contributed by atoms with Crippen molar-refractivity contribution in [1.82, 2.24) is 4.98 Å². The van der Waals surface area contributed by atoms with Gasteiger partial charge in [0.25, 0.3) is 0 Å². The van der Waals surface area contributed by atoms with Gasteiger partial charge < -0.3 is 9.40 Å². The van der Waals surface area contributed by atoms with Crippen LogP contribution < -0.4 is 0 Å². The maximum Gasteiger partial charge on any atom is 0.416 e. The summed E-state index contributed by atoms with van der Waals surface area (Å²) in [5, 5.41) is 1.89. The molecular formula is C15H7ClF3NO. The lowest BCUT2D eigenvalue weighted by molar-refractivity contribution is -0.137. The average Bonchev–Trinajstić information content (AvgIpc) is 2.94. The number of para-hydroxylation sites is 1. The van der Waals surface area contributed by atoms with Crippen molar-refractivity contribution in [3.63, 3.8) is 0 Å². The van der Waals surface area contributed by atoms with Crippen molar-refractivity contribution in [2.45, 2.75) is 6.18 Å². The Labute approximate surface area is 121 Å². The van der Waals surface area contributed by atoms with E-state index in [-0.39, 0.29) is 5.58 Å². The summed E-state index contributed by atoms with van der Waals surface area (Å²) in [6, 6.07) is 8.79. The molecule has 0 aliphatic carbocycles. The number of rotatable bonds is 0. The van der Waals surface area contributed by atoms with E-state index in [1.165, 1.54) is 6.07 Å². The van der Waals surface area contributed by atoms with E-state index in [9.17, 15) is 13.2 Å². The molecule has 0 saturated carbocycles. The zero-order chi connectivity index (χ0) is 14.8. The molecule has 106 valence electrons. The first-order chi connectivity index (χ1) is 9.95. The molecule has 0 fully saturated rings. The summed E-state index contributed by atoms with van der Waals surface area (Å²) in [4.78, 5) is 3.12. The minimum Gasteiger partial charge on any atom is -0.454 e. The summed E-state index contributed by atoms with van der Waals surface area (Å²) in [6.45, 7) is 0. The van der Waals surface area contributed by atoms with Crippen LogP contribution in [0.5, 0.6) is 0 Å². The van der Waals surface area contributed by atoms with E-state index in [4.69, 9.17) is 16.0 Å². The molecule has 4 rings (SSSR count). The van der Waals surface area contributed by atoms with Crippen LogP contribution in [0.4, 0.5) is 13.2 Å². The number of fused-ring (bicyclic) bond motifs is 5. The van der Waals surface area contributed by atoms with Gasteiger partial charge in [-0.1, -0.05) is 17.7 Å². The number of hydrogen-bond donors (Lipinski definition) is 1. The van der Waals surface area contributed by atoms with Gasteiger partial charge >= 0.3 is 6.18 Å². The lowest BCUT2D eigenvalue weighted by Crippen LogP contribution is -2.03. The van der Waals surface area contributed by atoms with Gasteiger partial charge in [-0.15, -0.1) is 0 Å². The molecule has 0 bridgehead atoms. The smallest absolute Gasteiger partial charge is 0.416 e. The van der Waals surface area contributed by atoms with Crippen LogP contribution in [0.1, 0.15) is 5.56 Å². The first kappa shape index (κ1) is 12.6. The number of aromatic nitrogens is 1. The van der Waals surface area contributed by atoms with Crippen LogP contribution in [-0.2, 0) is 6.18 Å². The van der Waals surface area contributed by atoms with Crippen LogP contribution in [0.2, 0.25) is 5.02 Å². The zero-order valence-electron chi connectivity index (χ0n) is 10.4. The summed E-state index contributed by atoms with van der Waals surface area (Å²) in [5.41, 5.74) is 1.36. The van der Waals surface area contributed by atoms with Gasteiger partial charge in [0.15, 0.2) is 5.58 Å². The second-order valence-electron chi connectivity index (χ2n) is 4.80. The summed E-state index contributed by atoms with van der Waals surface area (Å²) in [7, 11) is 0. The van der Waals surface area contributed by atoms with Crippen LogP contribution in [0.15, 0.2) is 40.8 Å². The fraction of sp³-hybridized carbons (Fsp3) is 0.0667. The van der Waals surface area contributed by atoms with Crippen molar-refractivity contribution in [2.75, 3.05) is 0 Å². The first-order valence-electron chi connectivity index (χ1n) is 6.15. The molecule has 0 aliphatic heterocycles. The lowest BCUT2D eigenvalue weighted by Gasteiger charge is -2.05. The van der Waals surface area contributed by atoms with Crippen LogP contribution >= 0.6 is 11.6 Å². The molecule has 2 heterocycles. The van der Waals surface area contributed by atoms with Gasteiger partial charge in [-0.3, -0.25) is 0 Å². The van der Waals surface area contributed by atoms with Gasteiger partial charge in [-0.05, 0) is 30.3 Å². The second kappa shape index (κ2) is 3.95.